The molecule has 0 bridgehead atoms. The maximum Gasteiger partial charge on any atom is 0.255 e. The highest BCUT2D eigenvalue weighted by molar-refractivity contribution is 6.00. The van der Waals surface area contributed by atoms with Gasteiger partial charge in [0.25, 0.3) is 5.91 Å². The van der Waals surface area contributed by atoms with E-state index in [1.807, 2.05) is 55.7 Å². The lowest BCUT2D eigenvalue weighted by Gasteiger charge is -2.26. The summed E-state index contributed by atoms with van der Waals surface area (Å²) in [5.74, 6) is 0.508. The molecule has 0 saturated carbocycles. The second-order valence-corrected chi connectivity index (χ2v) is 6.76. The van der Waals surface area contributed by atoms with E-state index in [1.165, 1.54) is 0 Å². The number of aromatic nitrogens is 5. The fourth-order valence-electron chi connectivity index (χ4n) is 3.27. The number of rotatable bonds is 4. The van der Waals surface area contributed by atoms with E-state index in [4.69, 9.17) is 4.74 Å². The molecule has 1 aliphatic rings. The molecule has 1 aliphatic heterocycles. The van der Waals surface area contributed by atoms with Crippen LogP contribution in [0.4, 0.5) is 0 Å². The number of pyridine rings is 1. The van der Waals surface area contributed by atoms with Gasteiger partial charge in [-0.15, -0.1) is 5.10 Å². The average Bonchev–Trinajstić information content (AvgIpc) is 3.28. The molecule has 0 unspecified atom stereocenters. The Bertz CT molecular complexity index is 1160. The van der Waals surface area contributed by atoms with Gasteiger partial charge in [-0.2, -0.15) is 5.10 Å². The summed E-state index contributed by atoms with van der Waals surface area (Å²) in [6.07, 6.45) is 3.44. The van der Waals surface area contributed by atoms with Crippen molar-refractivity contribution in [3.05, 3.63) is 60.4 Å². The average molecular weight is 374 g/mol. The third kappa shape index (κ3) is 2.84. The summed E-state index contributed by atoms with van der Waals surface area (Å²) in [7, 11) is 1.82. The van der Waals surface area contributed by atoms with Crippen molar-refractivity contribution in [1.29, 1.82) is 0 Å². The van der Waals surface area contributed by atoms with Crippen molar-refractivity contribution in [2.24, 2.45) is 7.05 Å². The maximum absolute atomic E-state index is 12.7. The van der Waals surface area contributed by atoms with E-state index in [9.17, 15) is 4.79 Å². The number of carbonyl (C=O) groups is 1. The third-order valence-electron chi connectivity index (χ3n) is 4.80. The number of fused-ring (bicyclic) bond motifs is 1. The number of benzene rings is 1. The van der Waals surface area contributed by atoms with E-state index >= 15 is 0 Å². The molecule has 0 atom stereocenters. The minimum Gasteiger partial charge on any atom is -0.377 e. The summed E-state index contributed by atoms with van der Waals surface area (Å²) in [4.78, 5) is 17.3. The predicted octanol–water partition coefficient (Wildman–Crippen LogP) is 1.93. The SMILES string of the molecule is Cn1ncc(C(=O)NC2COC2)c1-c1ccn2nc(-c3ccccc3)nc2c1. The smallest absolute Gasteiger partial charge is 0.255 e. The van der Waals surface area contributed by atoms with E-state index in [0.29, 0.717) is 30.2 Å². The molecule has 0 spiro atoms. The summed E-state index contributed by atoms with van der Waals surface area (Å²) >= 11 is 0. The Labute approximate surface area is 160 Å². The van der Waals surface area contributed by atoms with Crippen LogP contribution >= 0.6 is 0 Å². The van der Waals surface area contributed by atoms with Crippen LogP contribution in [0.1, 0.15) is 10.4 Å². The summed E-state index contributed by atoms with van der Waals surface area (Å²) in [6, 6.07) is 13.7. The Hall–Kier alpha value is -3.52. The normalized spacial score (nSPS) is 14.2. The minimum atomic E-state index is -0.150. The van der Waals surface area contributed by atoms with Crippen LogP contribution in [-0.4, -0.2) is 49.5 Å². The Kier molecular flexibility index (Phi) is 3.91. The lowest BCUT2D eigenvalue weighted by atomic mass is 10.1. The molecule has 1 amide bonds. The highest BCUT2D eigenvalue weighted by atomic mass is 16.5. The molecule has 1 aromatic carbocycles. The van der Waals surface area contributed by atoms with Gasteiger partial charge in [-0.25, -0.2) is 9.50 Å². The monoisotopic (exact) mass is 374 g/mol. The number of nitrogens with zero attached hydrogens (tertiary/aromatic N) is 5. The minimum absolute atomic E-state index is 0.0629. The van der Waals surface area contributed by atoms with Crippen LogP contribution in [0, 0.1) is 0 Å². The number of hydrogen-bond acceptors (Lipinski definition) is 5. The summed E-state index contributed by atoms with van der Waals surface area (Å²) < 4.78 is 8.56. The Balaban J connectivity index is 1.53. The highest BCUT2D eigenvalue weighted by Gasteiger charge is 2.24. The molecule has 1 saturated heterocycles. The van der Waals surface area contributed by atoms with Crippen molar-refractivity contribution in [2.45, 2.75) is 6.04 Å². The fourth-order valence-corrected chi connectivity index (χ4v) is 3.27. The fraction of sp³-hybridized carbons (Fsp3) is 0.200. The highest BCUT2D eigenvalue weighted by Crippen LogP contribution is 2.25. The maximum atomic E-state index is 12.7. The van der Waals surface area contributed by atoms with E-state index < -0.39 is 0 Å². The zero-order valence-electron chi connectivity index (χ0n) is 15.2. The van der Waals surface area contributed by atoms with E-state index in [2.05, 4.69) is 20.5 Å². The zero-order chi connectivity index (χ0) is 19.1. The lowest BCUT2D eigenvalue weighted by Crippen LogP contribution is -2.48. The van der Waals surface area contributed by atoms with Gasteiger partial charge in [-0.05, 0) is 12.1 Å². The largest absolute Gasteiger partial charge is 0.377 e. The topological polar surface area (TPSA) is 86.3 Å². The first-order valence-electron chi connectivity index (χ1n) is 9.02. The summed E-state index contributed by atoms with van der Waals surface area (Å²) in [5, 5.41) is 11.8. The van der Waals surface area contributed by atoms with Gasteiger partial charge >= 0.3 is 0 Å². The number of nitrogens with one attached hydrogen (secondary N) is 1. The Morgan fingerprint density at radius 2 is 2.00 bits per heavy atom. The van der Waals surface area contributed by atoms with Crippen molar-refractivity contribution in [3.8, 4) is 22.6 Å². The molecule has 4 heterocycles. The first kappa shape index (κ1) is 16.6. The van der Waals surface area contributed by atoms with E-state index in [-0.39, 0.29) is 11.9 Å². The second kappa shape index (κ2) is 6.58. The molecule has 4 aromatic rings. The van der Waals surface area contributed by atoms with Gasteiger partial charge in [0.15, 0.2) is 11.5 Å². The molecule has 0 aliphatic carbocycles. The quantitative estimate of drug-likeness (QED) is 0.590. The molecule has 140 valence electrons. The summed E-state index contributed by atoms with van der Waals surface area (Å²) in [5.41, 5.74) is 3.79. The van der Waals surface area contributed by atoms with Crippen molar-refractivity contribution in [2.75, 3.05) is 13.2 Å². The van der Waals surface area contributed by atoms with Gasteiger partial charge in [0.1, 0.15) is 0 Å². The molecular formula is C20H18N6O2. The number of aryl methyl sites for hydroxylation is 1. The first-order chi connectivity index (χ1) is 13.7. The van der Waals surface area contributed by atoms with Crippen LogP contribution in [0.2, 0.25) is 0 Å². The molecule has 3 aromatic heterocycles. The molecule has 8 heteroatoms. The van der Waals surface area contributed by atoms with Gasteiger partial charge in [0.2, 0.25) is 0 Å². The molecule has 1 N–H and O–H groups in total. The molecular weight excluding hydrogens is 356 g/mol. The van der Waals surface area contributed by atoms with Crippen molar-refractivity contribution in [1.82, 2.24) is 29.7 Å². The zero-order valence-corrected chi connectivity index (χ0v) is 15.2. The molecule has 8 nitrogen and oxygen atoms in total. The molecule has 5 rings (SSSR count). The van der Waals surface area contributed by atoms with Gasteiger partial charge in [-0.1, -0.05) is 30.3 Å². The van der Waals surface area contributed by atoms with Crippen LogP contribution in [0.25, 0.3) is 28.3 Å². The molecule has 1 fully saturated rings. The third-order valence-corrected chi connectivity index (χ3v) is 4.80. The molecule has 28 heavy (non-hydrogen) atoms. The predicted molar refractivity (Wildman–Crippen MR) is 103 cm³/mol. The molecule has 0 radical (unpaired) electrons. The van der Waals surface area contributed by atoms with Crippen molar-refractivity contribution < 1.29 is 9.53 Å². The van der Waals surface area contributed by atoms with Crippen molar-refractivity contribution >= 4 is 11.6 Å². The second-order valence-electron chi connectivity index (χ2n) is 6.76. The van der Waals surface area contributed by atoms with E-state index in [0.717, 1.165) is 16.8 Å². The van der Waals surface area contributed by atoms with Crippen LogP contribution in [0.5, 0.6) is 0 Å². The number of amides is 1. The number of hydrogen-bond donors (Lipinski definition) is 1. The van der Waals surface area contributed by atoms with Crippen LogP contribution < -0.4 is 5.32 Å². The van der Waals surface area contributed by atoms with Crippen LogP contribution in [-0.2, 0) is 11.8 Å². The number of carbonyl (C=O) groups excluding carboxylic acids is 1. The van der Waals surface area contributed by atoms with Gasteiger partial charge in [0.05, 0.1) is 36.7 Å². The Morgan fingerprint density at radius 1 is 1.18 bits per heavy atom. The lowest BCUT2D eigenvalue weighted by molar-refractivity contribution is -0.00345. The van der Waals surface area contributed by atoms with Crippen molar-refractivity contribution in [3.63, 3.8) is 0 Å². The Morgan fingerprint density at radius 3 is 2.75 bits per heavy atom. The standard InChI is InChI=1S/C20H18N6O2/c1-25-18(16(10-21-25)20(27)22-15-11-28-12-15)14-7-8-26-17(9-14)23-19(24-26)13-5-3-2-4-6-13/h2-10,15H,11-12H2,1H3,(H,22,27). The van der Waals surface area contributed by atoms with Crippen LogP contribution in [0.3, 0.4) is 0 Å². The first-order valence-corrected chi connectivity index (χ1v) is 9.02. The van der Waals surface area contributed by atoms with Crippen LogP contribution in [0.15, 0.2) is 54.9 Å². The van der Waals surface area contributed by atoms with E-state index in [1.54, 1.807) is 15.4 Å². The van der Waals surface area contributed by atoms with Gasteiger partial charge < -0.3 is 10.1 Å². The van der Waals surface area contributed by atoms with Gasteiger partial charge in [-0.3, -0.25) is 9.48 Å². The number of ether oxygens (including phenoxy) is 1. The van der Waals surface area contributed by atoms with Gasteiger partial charge in [0, 0.05) is 24.4 Å². The summed E-state index contributed by atoms with van der Waals surface area (Å²) in [6.45, 7) is 1.10.